The van der Waals surface area contributed by atoms with Crippen molar-refractivity contribution in [1.82, 2.24) is 9.58 Å². The van der Waals surface area contributed by atoms with Crippen LogP contribution in [0.1, 0.15) is 73.9 Å². The molecule has 7 heteroatoms. The van der Waals surface area contributed by atoms with Gasteiger partial charge in [0.15, 0.2) is 15.6 Å². The van der Waals surface area contributed by atoms with Crippen LogP contribution in [0.2, 0.25) is 0 Å². The number of unbranched alkanes of at least 4 members (excludes halogenated alkanes) is 1. The predicted octanol–water partition coefficient (Wildman–Crippen LogP) is 4.75. The molecule has 0 saturated carbocycles. The highest BCUT2D eigenvalue weighted by atomic mass is 32.2. The van der Waals surface area contributed by atoms with Crippen molar-refractivity contribution in [2.75, 3.05) is 24.7 Å². The Morgan fingerprint density at radius 1 is 1.12 bits per heavy atom. The van der Waals surface area contributed by atoms with Crippen LogP contribution in [-0.2, 0) is 9.84 Å². The van der Waals surface area contributed by atoms with Gasteiger partial charge in [-0.2, -0.15) is 0 Å². The predicted molar refractivity (Wildman–Crippen MR) is 138 cm³/mol. The van der Waals surface area contributed by atoms with Crippen molar-refractivity contribution in [3.05, 3.63) is 65.4 Å². The Bertz CT molecular complexity index is 1290. The van der Waals surface area contributed by atoms with Gasteiger partial charge in [-0.15, -0.1) is 0 Å². The largest absolute Gasteiger partial charge is 0.339 e. The number of carbonyl (C=O) groups is 1. The molecule has 3 aromatic rings. The third kappa shape index (κ3) is 4.77. The van der Waals surface area contributed by atoms with Gasteiger partial charge in [-0.1, -0.05) is 25.5 Å². The number of hydrogen-bond acceptors (Lipinski definition) is 5. The Morgan fingerprint density at radius 2 is 1.82 bits per heavy atom. The number of hydrogen-bond donors (Lipinski definition) is 1. The second kappa shape index (κ2) is 9.92. The van der Waals surface area contributed by atoms with E-state index >= 15 is 0 Å². The van der Waals surface area contributed by atoms with Crippen molar-refractivity contribution in [1.29, 1.82) is 0 Å². The van der Waals surface area contributed by atoms with E-state index in [9.17, 15) is 13.2 Å². The molecule has 0 unspecified atom stereocenters. The van der Waals surface area contributed by atoms with Crippen LogP contribution in [0.3, 0.4) is 0 Å². The number of fused-ring (bicyclic) bond motifs is 1. The van der Waals surface area contributed by atoms with Gasteiger partial charge in [0.25, 0.3) is 0 Å². The molecule has 0 spiro atoms. The standard InChI is InChI=1S/C27H35N3O3S/c1-4-5-16-34(32,33)26-9-7-6-8-22(26)27(31)21-10-11-25-23(17-21)24(18-30(25)28)20-12-14-29(15-13-20)19(2)3/h6-11,17-20H,4-5,12-16,28H2,1-3H3. The maximum atomic E-state index is 13.5. The van der Waals surface area contributed by atoms with Crippen molar-refractivity contribution in [2.24, 2.45) is 0 Å². The first-order valence-electron chi connectivity index (χ1n) is 12.2. The van der Waals surface area contributed by atoms with Crippen LogP contribution in [0.5, 0.6) is 0 Å². The van der Waals surface area contributed by atoms with Crippen LogP contribution in [0, 0.1) is 0 Å². The number of rotatable bonds is 8. The first-order chi connectivity index (χ1) is 16.2. The van der Waals surface area contributed by atoms with Gasteiger partial charge in [0.2, 0.25) is 0 Å². The fourth-order valence-corrected chi connectivity index (χ4v) is 6.67. The number of piperidine rings is 1. The Balaban J connectivity index is 1.69. The smallest absolute Gasteiger partial charge is 0.194 e. The SMILES string of the molecule is CCCCS(=O)(=O)c1ccccc1C(=O)c1ccc2c(c1)c(C1CCN(C(C)C)CC1)cn2N. The minimum absolute atomic E-state index is 0.0437. The minimum atomic E-state index is -3.53. The van der Waals surface area contributed by atoms with Gasteiger partial charge < -0.3 is 10.7 Å². The zero-order chi connectivity index (χ0) is 24.5. The Morgan fingerprint density at radius 3 is 2.50 bits per heavy atom. The van der Waals surface area contributed by atoms with Crippen LogP contribution in [-0.4, -0.2) is 48.7 Å². The normalized spacial score (nSPS) is 15.9. The fraction of sp³-hybridized carbons (Fsp3) is 0.444. The first kappa shape index (κ1) is 24.5. The summed E-state index contributed by atoms with van der Waals surface area (Å²) in [4.78, 5) is 16.1. The molecule has 0 radical (unpaired) electrons. The Labute approximate surface area is 202 Å². The molecule has 182 valence electrons. The van der Waals surface area contributed by atoms with Crippen LogP contribution >= 0.6 is 0 Å². The summed E-state index contributed by atoms with van der Waals surface area (Å²) in [5.74, 6) is 6.42. The van der Waals surface area contributed by atoms with E-state index in [1.807, 2.05) is 25.3 Å². The maximum Gasteiger partial charge on any atom is 0.194 e. The van der Waals surface area contributed by atoms with Crippen LogP contribution in [0.4, 0.5) is 0 Å². The number of carbonyl (C=O) groups excluding carboxylic acids is 1. The highest BCUT2D eigenvalue weighted by molar-refractivity contribution is 7.91. The average molecular weight is 482 g/mol. The van der Waals surface area contributed by atoms with E-state index in [1.54, 1.807) is 35.0 Å². The lowest BCUT2D eigenvalue weighted by atomic mass is 9.88. The molecule has 1 fully saturated rings. The lowest BCUT2D eigenvalue weighted by Crippen LogP contribution is -2.37. The van der Waals surface area contributed by atoms with Crippen molar-refractivity contribution < 1.29 is 13.2 Å². The Hall–Kier alpha value is -2.64. The molecule has 1 saturated heterocycles. The van der Waals surface area contributed by atoms with Crippen molar-refractivity contribution in [3.63, 3.8) is 0 Å². The second-order valence-corrected chi connectivity index (χ2v) is 11.7. The molecule has 34 heavy (non-hydrogen) atoms. The minimum Gasteiger partial charge on any atom is -0.339 e. The lowest BCUT2D eigenvalue weighted by Gasteiger charge is -2.34. The second-order valence-electron chi connectivity index (χ2n) is 9.63. The quantitative estimate of drug-likeness (QED) is 0.371. The molecule has 0 atom stereocenters. The molecule has 1 aliphatic rings. The molecule has 0 aliphatic carbocycles. The molecule has 2 aromatic carbocycles. The molecule has 2 heterocycles. The van der Waals surface area contributed by atoms with E-state index in [-0.39, 0.29) is 22.0 Å². The highest BCUT2D eigenvalue weighted by Crippen LogP contribution is 2.35. The van der Waals surface area contributed by atoms with Crippen LogP contribution in [0.25, 0.3) is 10.9 Å². The summed E-state index contributed by atoms with van der Waals surface area (Å²) in [5, 5.41) is 0.975. The molecule has 6 nitrogen and oxygen atoms in total. The zero-order valence-electron chi connectivity index (χ0n) is 20.3. The van der Waals surface area contributed by atoms with E-state index in [0.717, 1.165) is 43.3 Å². The zero-order valence-corrected chi connectivity index (χ0v) is 21.1. The topological polar surface area (TPSA) is 85.4 Å². The summed E-state index contributed by atoms with van der Waals surface area (Å²) in [6.45, 7) is 8.49. The Kier molecular flexibility index (Phi) is 7.14. The number of nitrogens with zero attached hydrogens (tertiary/aromatic N) is 2. The fourth-order valence-electron chi connectivity index (χ4n) is 5.00. The number of likely N-dealkylation sites (tertiary alicyclic amines) is 1. The average Bonchev–Trinajstić information content (AvgIpc) is 3.18. The lowest BCUT2D eigenvalue weighted by molar-refractivity contribution is 0.103. The van der Waals surface area contributed by atoms with Gasteiger partial charge in [0.1, 0.15) is 0 Å². The summed E-state index contributed by atoms with van der Waals surface area (Å²) in [7, 11) is -3.53. The van der Waals surface area contributed by atoms with E-state index in [2.05, 4.69) is 18.7 Å². The van der Waals surface area contributed by atoms with Gasteiger partial charge in [-0.25, -0.2) is 8.42 Å². The van der Waals surface area contributed by atoms with Gasteiger partial charge in [-0.3, -0.25) is 9.47 Å². The number of nitrogen functional groups attached to an aromatic ring is 1. The molecule has 0 amide bonds. The summed E-state index contributed by atoms with van der Waals surface area (Å²) in [6.07, 6.45) is 5.43. The van der Waals surface area contributed by atoms with Crippen molar-refractivity contribution >= 4 is 26.5 Å². The van der Waals surface area contributed by atoms with E-state index in [1.165, 1.54) is 5.56 Å². The molecule has 0 bridgehead atoms. The van der Waals surface area contributed by atoms with Gasteiger partial charge in [-0.05, 0) is 88.0 Å². The van der Waals surface area contributed by atoms with Crippen LogP contribution in [0.15, 0.2) is 53.6 Å². The molecule has 4 rings (SSSR count). The molecule has 2 N–H and O–H groups in total. The van der Waals surface area contributed by atoms with Crippen molar-refractivity contribution in [2.45, 2.75) is 63.3 Å². The summed E-state index contributed by atoms with van der Waals surface area (Å²) >= 11 is 0. The molecule has 1 aliphatic heterocycles. The number of nitrogens with two attached hydrogens (primary N) is 1. The van der Waals surface area contributed by atoms with Crippen molar-refractivity contribution in [3.8, 4) is 0 Å². The number of ketones is 1. The maximum absolute atomic E-state index is 13.5. The third-order valence-corrected chi connectivity index (χ3v) is 8.91. The van der Waals surface area contributed by atoms with Gasteiger partial charge >= 0.3 is 0 Å². The molecular formula is C27H35N3O3S. The van der Waals surface area contributed by atoms with E-state index in [0.29, 0.717) is 23.9 Å². The summed E-state index contributed by atoms with van der Waals surface area (Å²) < 4.78 is 27.5. The molecule has 1 aromatic heterocycles. The number of sulfone groups is 1. The van der Waals surface area contributed by atoms with E-state index < -0.39 is 9.84 Å². The summed E-state index contributed by atoms with van der Waals surface area (Å²) in [6, 6.07) is 12.6. The van der Waals surface area contributed by atoms with Crippen LogP contribution < -0.4 is 5.84 Å². The monoisotopic (exact) mass is 481 g/mol. The highest BCUT2D eigenvalue weighted by Gasteiger charge is 2.26. The number of benzene rings is 2. The van der Waals surface area contributed by atoms with Gasteiger partial charge in [0, 0.05) is 28.8 Å². The first-order valence-corrected chi connectivity index (χ1v) is 13.9. The number of aromatic nitrogens is 1. The van der Waals surface area contributed by atoms with E-state index in [4.69, 9.17) is 5.84 Å². The molecular weight excluding hydrogens is 446 g/mol. The van der Waals surface area contributed by atoms with Gasteiger partial charge in [0.05, 0.1) is 16.2 Å². The summed E-state index contributed by atoms with van der Waals surface area (Å²) in [5.41, 5.74) is 2.76. The third-order valence-electron chi connectivity index (χ3n) is 7.06.